The molecular weight excluding hydrogens is 328 g/mol. The van der Waals surface area contributed by atoms with E-state index in [1.54, 1.807) is 6.92 Å². The number of esters is 1. The monoisotopic (exact) mass is 350 g/mol. The number of aryl methyl sites for hydroxylation is 2. The molecule has 3 rings (SSSR count). The maximum atomic E-state index is 12.8. The van der Waals surface area contributed by atoms with E-state index in [2.05, 4.69) is 10.6 Å². The summed E-state index contributed by atoms with van der Waals surface area (Å²) in [6, 6.07) is 14.5. The molecule has 0 fully saturated rings. The van der Waals surface area contributed by atoms with Crippen LogP contribution in [0.5, 0.6) is 0 Å². The fraction of sp³-hybridized carbons (Fsp3) is 0.238. The summed E-state index contributed by atoms with van der Waals surface area (Å²) in [5, 5.41) is 5.65. The first kappa shape index (κ1) is 17.7. The Hall–Kier alpha value is -3.08. The van der Waals surface area contributed by atoms with Crippen LogP contribution in [-0.2, 0) is 9.53 Å². The number of hydrogen-bond acceptors (Lipinski definition) is 3. The minimum atomic E-state index is -0.571. The number of hydrogen-bond donors (Lipinski definition) is 2. The molecule has 2 aromatic rings. The van der Waals surface area contributed by atoms with Crippen LogP contribution < -0.4 is 10.6 Å². The van der Waals surface area contributed by atoms with Crippen molar-refractivity contribution in [3.8, 4) is 0 Å². The molecule has 0 unspecified atom stereocenters. The molecule has 1 heterocycles. The predicted molar refractivity (Wildman–Crippen MR) is 100 cm³/mol. The molecule has 2 aromatic carbocycles. The van der Waals surface area contributed by atoms with Gasteiger partial charge in [-0.15, -0.1) is 0 Å². The minimum Gasteiger partial charge on any atom is -0.463 e. The fourth-order valence-electron chi connectivity index (χ4n) is 3.12. The van der Waals surface area contributed by atoms with E-state index in [9.17, 15) is 9.59 Å². The summed E-state index contributed by atoms with van der Waals surface area (Å²) in [6.45, 7) is 5.97. The molecule has 26 heavy (non-hydrogen) atoms. The van der Waals surface area contributed by atoms with Crippen LogP contribution in [0.15, 0.2) is 54.1 Å². The van der Waals surface area contributed by atoms with Crippen molar-refractivity contribution >= 4 is 17.7 Å². The molecule has 0 bridgehead atoms. The smallest absolute Gasteiger partial charge is 0.338 e. The number of carbonyl (C=O) groups excluding carboxylic acids is 2. The molecule has 0 aliphatic carbocycles. The van der Waals surface area contributed by atoms with Gasteiger partial charge in [0.05, 0.1) is 23.9 Å². The van der Waals surface area contributed by atoms with Crippen LogP contribution >= 0.6 is 0 Å². The lowest BCUT2D eigenvalue weighted by atomic mass is 9.91. The molecule has 1 atom stereocenters. The number of amides is 2. The first-order valence-electron chi connectivity index (χ1n) is 8.62. The van der Waals surface area contributed by atoms with E-state index in [1.165, 1.54) is 0 Å². The van der Waals surface area contributed by atoms with E-state index in [1.807, 2.05) is 62.4 Å². The van der Waals surface area contributed by atoms with Crippen LogP contribution in [0, 0.1) is 13.8 Å². The average molecular weight is 350 g/mol. The minimum absolute atomic E-state index is 0.262. The highest BCUT2D eigenvalue weighted by Crippen LogP contribution is 2.32. The van der Waals surface area contributed by atoms with Crippen molar-refractivity contribution in [3.63, 3.8) is 0 Å². The number of urea groups is 1. The largest absolute Gasteiger partial charge is 0.463 e. The number of ether oxygens (including phenoxy) is 1. The van der Waals surface area contributed by atoms with E-state index in [-0.39, 0.29) is 12.6 Å². The van der Waals surface area contributed by atoms with Gasteiger partial charge in [-0.2, -0.15) is 0 Å². The first-order chi connectivity index (χ1) is 12.5. The zero-order chi connectivity index (χ0) is 18.7. The molecule has 1 aliphatic heterocycles. The van der Waals surface area contributed by atoms with Crippen molar-refractivity contribution in [2.24, 2.45) is 0 Å². The molecule has 5 nitrogen and oxygen atoms in total. The quantitative estimate of drug-likeness (QED) is 0.828. The maximum absolute atomic E-state index is 12.8. The average Bonchev–Trinajstić information content (AvgIpc) is 2.61. The molecule has 0 saturated heterocycles. The topological polar surface area (TPSA) is 67.4 Å². The lowest BCUT2D eigenvalue weighted by molar-refractivity contribution is -0.138. The number of rotatable bonds is 4. The van der Waals surface area contributed by atoms with Gasteiger partial charge in [0.25, 0.3) is 0 Å². The highest BCUT2D eigenvalue weighted by Gasteiger charge is 2.34. The van der Waals surface area contributed by atoms with Crippen LogP contribution in [0.2, 0.25) is 0 Å². The Morgan fingerprint density at radius 3 is 2.42 bits per heavy atom. The maximum Gasteiger partial charge on any atom is 0.338 e. The van der Waals surface area contributed by atoms with E-state index in [0.717, 1.165) is 22.3 Å². The Morgan fingerprint density at radius 1 is 1.08 bits per heavy atom. The van der Waals surface area contributed by atoms with Gasteiger partial charge in [0.2, 0.25) is 0 Å². The predicted octanol–water partition coefficient (Wildman–Crippen LogP) is 3.63. The summed E-state index contributed by atoms with van der Waals surface area (Å²) in [5.41, 5.74) is 4.60. The Kier molecular flexibility index (Phi) is 5.07. The lowest BCUT2D eigenvalue weighted by Crippen LogP contribution is -2.45. The second kappa shape index (κ2) is 7.44. The van der Waals surface area contributed by atoms with Crippen LogP contribution in [0.4, 0.5) is 4.79 Å². The normalized spacial score (nSPS) is 16.7. The third-order valence-corrected chi connectivity index (χ3v) is 4.25. The summed E-state index contributed by atoms with van der Waals surface area (Å²) < 4.78 is 5.29. The third kappa shape index (κ3) is 3.61. The SMILES string of the molecule is CCOC(=O)C1=C(c2cccc(C)c2)NC(=O)N[C@@H]1c1cccc(C)c1. The van der Waals surface area contributed by atoms with Crippen molar-refractivity contribution in [1.29, 1.82) is 0 Å². The zero-order valence-electron chi connectivity index (χ0n) is 15.1. The number of carbonyl (C=O) groups is 2. The van der Waals surface area contributed by atoms with Gasteiger partial charge in [-0.05, 0) is 38.0 Å². The van der Waals surface area contributed by atoms with E-state index >= 15 is 0 Å². The third-order valence-electron chi connectivity index (χ3n) is 4.25. The molecule has 2 N–H and O–H groups in total. The summed E-state index contributed by atoms with van der Waals surface area (Å²) >= 11 is 0. The second-order valence-electron chi connectivity index (χ2n) is 6.32. The molecule has 1 aliphatic rings. The van der Waals surface area contributed by atoms with Gasteiger partial charge < -0.3 is 15.4 Å². The molecular formula is C21H22N2O3. The molecule has 0 aromatic heterocycles. The van der Waals surface area contributed by atoms with E-state index in [0.29, 0.717) is 11.3 Å². The number of benzene rings is 2. The first-order valence-corrected chi connectivity index (χ1v) is 8.62. The number of nitrogens with one attached hydrogen (secondary N) is 2. The zero-order valence-corrected chi connectivity index (χ0v) is 15.1. The fourth-order valence-corrected chi connectivity index (χ4v) is 3.12. The van der Waals surface area contributed by atoms with Gasteiger partial charge >= 0.3 is 12.0 Å². The molecule has 0 radical (unpaired) electrons. The molecule has 0 spiro atoms. The van der Waals surface area contributed by atoms with E-state index in [4.69, 9.17) is 4.74 Å². The molecule has 0 saturated carbocycles. The standard InChI is InChI=1S/C21H22N2O3/c1-4-26-20(24)17-18(15-9-5-7-13(2)11-15)22-21(25)23-19(17)16-10-6-8-14(3)12-16/h5-12,18H,4H2,1-3H3,(H2,22,23,25)/t18-/m1/s1. The summed E-state index contributed by atoms with van der Waals surface area (Å²) in [6.07, 6.45) is 0. The Balaban J connectivity index is 2.20. The van der Waals surface area contributed by atoms with Gasteiger partial charge in [-0.1, -0.05) is 53.6 Å². The summed E-state index contributed by atoms with van der Waals surface area (Å²) in [7, 11) is 0. The molecule has 2 amide bonds. The molecule has 5 heteroatoms. The van der Waals surface area contributed by atoms with Crippen LogP contribution in [0.1, 0.15) is 35.2 Å². The summed E-state index contributed by atoms with van der Waals surface area (Å²) in [5.74, 6) is -0.442. The van der Waals surface area contributed by atoms with Crippen molar-refractivity contribution in [2.45, 2.75) is 26.8 Å². The Morgan fingerprint density at radius 2 is 1.77 bits per heavy atom. The van der Waals surface area contributed by atoms with Gasteiger partial charge in [-0.25, -0.2) is 9.59 Å². The lowest BCUT2D eigenvalue weighted by Gasteiger charge is -2.29. The second-order valence-corrected chi connectivity index (χ2v) is 6.32. The van der Waals surface area contributed by atoms with Gasteiger partial charge in [0, 0.05) is 0 Å². The molecule has 134 valence electrons. The van der Waals surface area contributed by atoms with Crippen molar-refractivity contribution in [3.05, 3.63) is 76.4 Å². The van der Waals surface area contributed by atoms with Crippen LogP contribution in [-0.4, -0.2) is 18.6 Å². The van der Waals surface area contributed by atoms with Gasteiger partial charge in [0.15, 0.2) is 0 Å². The summed E-state index contributed by atoms with van der Waals surface area (Å²) in [4.78, 5) is 25.1. The van der Waals surface area contributed by atoms with Crippen molar-refractivity contribution in [1.82, 2.24) is 10.6 Å². The highest BCUT2D eigenvalue weighted by molar-refractivity contribution is 6.04. The Labute approximate surface area is 153 Å². The highest BCUT2D eigenvalue weighted by atomic mass is 16.5. The van der Waals surface area contributed by atoms with Gasteiger partial charge in [-0.3, -0.25) is 0 Å². The van der Waals surface area contributed by atoms with Crippen molar-refractivity contribution in [2.75, 3.05) is 6.61 Å². The van der Waals surface area contributed by atoms with Crippen LogP contribution in [0.25, 0.3) is 5.70 Å². The Bertz CT molecular complexity index is 886. The van der Waals surface area contributed by atoms with E-state index < -0.39 is 12.0 Å². The van der Waals surface area contributed by atoms with Crippen molar-refractivity contribution < 1.29 is 14.3 Å². The van der Waals surface area contributed by atoms with Crippen LogP contribution in [0.3, 0.4) is 0 Å². The van der Waals surface area contributed by atoms with Gasteiger partial charge in [0.1, 0.15) is 0 Å².